The predicted molar refractivity (Wildman–Crippen MR) is 154 cm³/mol. The summed E-state index contributed by atoms with van der Waals surface area (Å²) in [5.74, 6) is -3.30. The van der Waals surface area contributed by atoms with Crippen LogP contribution in [0, 0.1) is 5.92 Å². The molecule has 0 aliphatic carbocycles. The number of ketones is 1. The molecule has 1 fully saturated rings. The van der Waals surface area contributed by atoms with Gasteiger partial charge in [0.1, 0.15) is 5.54 Å². The molecule has 0 bridgehead atoms. The first kappa shape index (κ1) is 26.9. The number of rotatable bonds is 6. The summed E-state index contributed by atoms with van der Waals surface area (Å²) in [6.07, 6.45) is 0. The standard InChI is InChI=1S/C30H24Cl2N2O4S/c1-30(28(36)37)25(18-9-13-20(31)14-10-18)24(27(35)23-8-5-17-39-23)26(19-11-15-21(32)16-12-19)34(30)29(38)33-22-6-3-2-4-7-22/h2-17,24-26H,1H3,(H,33,38)(H,36,37). The molecule has 1 aliphatic heterocycles. The van der Waals surface area contributed by atoms with Crippen molar-refractivity contribution in [1.29, 1.82) is 0 Å². The van der Waals surface area contributed by atoms with Crippen molar-refractivity contribution in [3.8, 4) is 0 Å². The Morgan fingerprint density at radius 3 is 1.97 bits per heavy atom. The highest BCUT2D eigenvalue weighted by molar-refractivity contribution is 7.12. The van der Waals surface area contributed by atoms with Gasteiger partial charge in [-0.3, -0.25) is 9.69 Å². The average molecular weight is 580 g/mol. The number of para-hydroxylation sites is 1. The van der Waals surface area contributed by atoms with Gasteiger partial charge in [-0.05, 0) is 65.9 Å². The predicted octanol–water partition coefficient (Wildman–Crippen LogP) is 7.77. The minimum absolute atomic E-state index is 0.243. The molecule has 9 heteroatoms. The highest BCUT2D eigenvalue weighted by Crippen LogP contribution is 2.57. The van der Waals surface area contributed by atoms with Crippen molar-refractivity contribution in [3.05, 3.63) is 122 Å². The summed E-state index contributed by atoms with van der Waals surface area (Å²) in [4.78, 5) is 43.4. The lowest BCUT2D eigenvalue weighted by Crippen LogP contribution is -2.55. The van der Waals surface area contributed by atoms with Crippen molar-refractivity contribution in [3.63, 3.8) is 0 Å². The lowest BCUT2D eigenvalue weighted by atomic mass is 9.72. The van der Waals surface area contributed by atoms with Crippen LogP contribution in [-0.4, -0.2) is 33.3 Å². The lowest BCUT2D eigenvalue weighted by Gasteiger charge is -2.37. The number of Topliss-reactive ketones (excluding diaryl/α,β-unsaturated/α-hetero) is 1. The number of halogens is 2. The average Bonchev–Trinajstić information content (AvgIpc) is 3.56. The zero-order valence-corrected chi connectivity index (χ0v) is 23.1. The molecule has 0 radical (unpaired) electrons. The van der Waals surface area contributed by atoms with Gasteiger partial charge in [-0.2, -0.15) is 0 Å². The molecule has 198 valence electrons. The lowest BCUT2D eigenvalue weighted by molar-refractivity contribution is -0.148. The topological polar surface area (TPSA) is 86.7 Å². The highest BCUT2D eigenvalue weighted by Gasteiger charge is 2.65. The number of urea groups is 1. The molecule has 0 spiro atoms. The summed E-state index contributed by atoms with van der Waals surface area (Å²) in [6, 6.07) is 24.3. The maximum absolute atomic E-state index is 14.3. The van der Waals surface area contributed by atoms with Gasteiger partial charge in [0.2, 0.25) is 0 Å². The number of carbonyl (C=O) groups is 3. The molecule has 3 aromatic carbocycles. The summed E-state index contributed by atoms with van der Waals surface area (Å²) in [5.41, 5.74) is -0.120. The molecule has 2 N–H and O–H groups in total. The molecule has 5 rings (SSSR count). The SMILES string of the molecule is CC1(C(=O)O)C(c2ccc(Cl)cc2)C(C(=O)c2cccs2)C(c2ccc(Cl)cc2)N1C(=O)Nc1ccccc1. The molecular weight excluding hydrogens is 555 g/mol. The molecule has 1 saturated heterocycles. The third kappa shape index (κ3) is 4.93. The number of hydrogen-bond acceptors (Lipinski definition) is 4. The summed E-state index contributed by atoms with van der Waals surface area (Å²) >= 11 is 13.6. The van der Waals surface area contributed by atoms with E-state index in [1.165, 1.54) is 23.2 Å². The summed E-state index contributed by atoms with van der Waals surface area (Å²) in [7, 11) is 0. The maximum Gasteiger partial charge on any atom is 0.330 e. The van der Waals surface area contributed by atoms with E-state index in [-0.39, 0.29) is 5.78 Å². The van der Waals surface area contributed by atoms with E-state index in [1.54, 1.807) is 90.3 Å². The van der Waals surface area contributed by atoms with E-state index < -0.39 is 35.4 Å². The van der Waals surface area contributed by atoms with Gasteiger partial charge in [0, 0.05) is 21.7 Å². The summed E-state index contributed by atoms with van der Waals surface area (Å²) in [6.45, 7) is 1.50. The third-order valence-electron chi connectivity index (χ3n) is 7.27. The monoisotopic (exact) mass is 578 g/mol. The van der Waals surface area contributed by atoms with E-state index in [4.69, 9.17) is 23.2 Å². The van der Waals surface area contributed by atoms with Crippen molar-refractivity contribution in [2.45, 2.75) is 24.4 Å². The number of thiophene rings is 1. The fraction of sp³-hybridized carbons (Fsp3) is 0.167. The van der Waals surface area contributed by atoms with Gasteiger partial charge < -0.3 is 10.4 Å². The third-order valence-corrected chi connectivity index (χ3v) is 8.66. The number of benzene rings is 3. The van der Waals surface area contributed by atoms with Crippen molar-refractivity contribution < 1.29 is 19.5 Å². The number of nitrogens with zero attached hydrogens (tertiary/aromatic N) is 1. The van der Waals surface area contributed by atoms with Gasteiger partial charge >= 0.3 is 12.0 Å². The minimum atomic E-state index is -1.81. The zero-order valence-electron chi connectivity index (χ0n) is 20.8. The van der Waals surface area contributed by atoms with Crippen molar-refractivity contribution >= 4 is 58.0 Å². The molecule has 4 aromatic rings. The van der Waals surface area contributed by atoms with Gasteiger partial charge in [-0.25, -0.2) is 9.59 Å². The van der Waals surface area contributed by atoms with E-state index in [9.17, 15) is 19.5 Å². The van der Waals surface area contributed by atoms with Gasteiger partial charge in [0.25, 0.3) is 0 Å². The van der Waals surface area contributed by atoms with Gasteiger partial charge in [0.15, 0.2) is 5.78 Å². The smallest absolute Gasteiger partial charge is 0.330 e. The number of carboxylic acids is 1. The first-order valence-electron chi connectivity index (χ1n) is 12.2. The van der Waals surface area contributed by atoms with Crippen LogP contribution in [-0.2, 0) is 4.79 Å². The second-order valence-electron chi connectivity index (χ2n) is 9.51. The minimum Gasteiger partial charge on any atom is -0.479 e. The van der Waals surface area contributed by atoms with Crippen LogP contribution in [0.25, 0.3) is 0 Å². The molecule has 39 heavy (non-hydrogen) atoms. The number of amides is 2. The molecule has 2 amide bonds. The Kier molecular flexibility index (Phi) is 7.49. The molecule has 0 saturated carbocycles. The number of carbonyl (C=O) groups excluding carboxylic acids is 2. The molecule has 6 nitrogen and oxygen atoms in total. The van der Waals surface area contributed by atoms with E-state index in [0.717, 1.165) is 0 Å². The van der Waals surface area contributed by atoms with Gasteiger partial charge in [-0.15, -0.1) is 11.3 Å². The first-order valence-corrected chi connectivity index (χ1v) is 13.8. The van der Waals surface area contributed by atoms with E-state index >= 15 is 0 Å². The zero-order chi connectivity index (χ0) is 27.7. The van der Waals surface area contributed by atoms with Crippen LogP contribution in [0.5, 0.6) is 0 Å². The summed E-state index contributed by atoms with van der Waals surface area (Å²) < 4.78 is 0. The largest absolute Gasteiger partial charge is 0.479 e. The highest BCUT2D eigenvalue weighted by atomic mass is 35.5. The number of anilines is 1. The number of likely N-dealkylation sites (tertiary alicyclic amines) is 1. The van der Waals surface area contributed by atoms with Crippen LogP contribution in [0.4, 0.5) is 10.5 Å². The van der Waals surface area contributed by atoms with Crippen molar-refractivity contribution in [2.75, 3.05) is 5.32 Å². The molecule has 4 unspecified atom stereocenters. The van der Waals surface area contributed by atoms with Crippen molar-refractivity contribution in [2.24, 2.45) is 5.92 Å². The van der Waals surface area contributed by atoms with Crippen LogP contribution in [0.15, 0.2) is 96.4 Å². The molecule has 1 aromatic heterocycles. The summed E-state index contributed by atoms with van der Waals surface area (Å²) in [5, 5.41) is 16.4. The van der Waals surface area contributed by atoms with E-state index in [0.29, 0.717) is 31.7 Å². The Bertz CT molecular complexity index is 1490. The molecular formula is C30H24Cl2N2O4S. The van der Waals surface area contributed by atoms with Gasteiger partial charge in [0.05, 0.1) is 16.8 Å². The number of hydrogen-bond donors (Lipinski definition) is 2. The normalized spacial score (nSPS) is 22.4. The van der Waals surface area contributed by atoms with Crippen LogP contribution < -0.4 is 5.32 Å². The van der Waals surface area contributed by atoms with Crippen LogP contribution in [0.1, 0.15) is 39.7 Å². The fourth-order valence-corrected chi connectivity index (χ4v) is 6.47. The van der Waals surface area contributed by atoms with Crippen LogP contribution in [0.2, 0.25) is 10.0 Å². The Hall–Kier alpha value is -3.65. The van der Waals surface area contributed by atoms with Crippen molar-refractivity contribution in [1.82, 2.24) is 4.90 Å². The van der Waals surface area contributed by atoms with E-state index in [2.05, 4.69) is 5.32 Å². The molecule has 4 atom stereocenters. The van der Waals surface area contributed by atoms with Gasteiger partial charge in [-0.1, -0.05) is 71.7 Å². The number of nitrogens with one attached hydrogen (secondary N) is 1. The van der Waals surface area contributed by atoms with Crippen LogP contribution >= 0.6 is 34.5 Å². The second-order valence-corrected chi connectivity index (χ2v) is 11.3. The number of aliphatic carboxylic acids is 1. The Labute approximate surface area is 239 Å². The molecule has 1 aliphatic rings. The first-order chi connectivity index (χ1) is 18.7. The quantitative estimate of drug-likeness (QED) is 0.229. The Balaban J connectivity index is 1.76. The van der Waals surface area contributed by atoms with Crippen LogP contribution in [0.3, 0.4) is 0 Å². The maximum atomic E-state index is 14.3. The fourth-order valence-electron chi connectivity index (χ4n) is 5.51. The molecule has 2 heterocycles. The number of carboxylic acid groups (broad SMARTS) is 1. The Morgan fingerprint density at radius 1 is 0.846 bits per heavy atom. The Morgan fingerprint density at radius 2 is 1.44 bits per heavy atom. The second kappa shape index (κ2) is 10.8. The van der Waals surface area contributed by atoms with E-state index in [1.807, 2.05) is 6.07 Å².